The number of carbonyl (C=O) groups excluding carboxylic acids is 1. The van der Waals surface area contributed by atoms with Crippen LogP contribution in [-0.4, -0.2) is 30.4 Å². The maximum Gasteiger partial charge on any atom is 0.333 e. The molecule has 1 aliphatic rings. The Hall–Kier alpha value is -1.62. The first-order chi connectivity index (χ1) is 6.13. The number of carbonyl (C=O) groups is 2. The average molecular weight is 184 g/mol. The molecule has 0 bridgehead atoms. The highest BCUT2D eigenvalue weighted by molar-refractivity contribution is 5.87. The molecule has 1 aliphatic heterocycles. The van der Waals surface area contributed by atoms with Gasteiger partial charge in [0.25, 0.3) is 0 Å². The second-order valence-electron chi connectivity index (χ2n) is 2.32. The predicted octanol–water partition coefficient (Wildman–Crippen LogP) is 0.0829. The Morgan fingerprint density at radius 1 is 1.77 bits per heavy atom. The van der Waals surface area contributed by atoms with Crippen LogP contribution in [0.3, 0.4) is 0 Å². The van der Waals surface area contributed by atoms with Crippen molar-refractivity contribution in [3.63, 3.8) is 0 Å². The van der Waals surface area contributed by atoms with Gasteiger partial charge in [-0.25, -0.2) is 9.59 Å². The van der Waals surface area contributed by atoms with Gasteiger partial charge >= 0.3 is 11.9 Å². The molecule has 0 saturated carbocycles. The van der Waals surface area contributed by atoms with E-state index in [1.807, 2.05) is 0 Å². The molecule has 1 heterocycles. The van der Waals surface area contributed by atoms with Crippen molar-refractivity contribution >= 4 is 11.9 Å². The predicted molar refractivity (Wildman–Crippen MR) is 41.7 cm³/mol. The number of hydrogen-bond acceptors (Lipinski definition) is 4. The van der Waals surface area contributed by atoms with Crippen LogP contribution in [-0.2, 0) is 19.1 Å². The third-order valence-electron chi connectivity index (χ3n) is 1.41. The van der Waals surface area contributed by atoms with E-state index >= 15 is 0 Å². The Morgan fingerprint density at radius 2 is 2.46 bits per heavy atom. The number of aliphatic carboxylic acids is 1. The number of ether oxygens (including phenoxy) is 2. The van der Waals surface area contributed by atoms with Gasteiger partial charge in [-0.1, -0.05) is 0 Å². The van der Waals surface area contributed by atoms with E-state index in [0.29, 0.717) is 5.57 Å². The van der Waals surface area contributed by atoms with Crippen molar-refractivity contribution in [2.45, 2.75) is 6.29 Å². The zero-order valence-electron chi connectivity index (χ0n) is 6.89. The largest absolute Gasteiger partial charge is 0.478 e. The minimum Gasteiger partial charge on any atom is -0.478 e. The van der Waals surface area contributed by atoms with Crippen molar-refractivity contribution in [2.75, 3.05) is 7.11 Å². The molecular weight excluding hydrogens is 176 g/mol. The standard InChI is InChI=1S/C8H8O5/c1-12-8-5(2-3-6(9)10)4-7(11)13-8/h2-4,8H,1H3,(H,9,10)/b3-2+. The summed E-state index contributed by atoms with van der Waals surface area (Å²) in [4.78, 5) is 20.9. The van der Waals surface area contributed by atoms with Gasteiger partial charge in [0, 0.05) is 24.8 Å². The first-order valence-corrected chi connectivity index (χ1v) is 3.49. The number of rotatable bonds is 3. The highest BCUT2D eigenvalue weighted by atomic mass is 16.7. The highest BCUT2D eigenvalue weighted by Gasteiger charge is 2.23. The van der Waals surface area contributed by atoms with Gasteiger partial charge in [-0.05, 0) is 6.08 Å². The first kappa shape index (κ1) is 9.47. The van der Waals surface area contributed by atoms with Crippen LogP contribution in [0.2, 0.25) is 0 Å². The van der Waals surface area contributed by atoms with Gasteiger partial charge in [0.05, 0.1) is 0 Å². The summed E-state index contributed by atoms with van der Waals surface area (Å²) in [5.41, 5.74) is 0.398. The van der Waals surface area contributed by atoms with Gasteiger partial charge in [0.1, 0.15) is 0 Å². The lowest BCUT2D eigenvalue weighted by molar-refractivity contribution is -0.154. The minimum atomic E-state index is -1.09. The third kappa shape index (κ3) is 2.41. The molecule has 5 heteroatoms. The van der Waals surface area contributed by atoms with Crippen LogP contribution in [0.25, 0.3) is 0 Å². The normalized spacial score (nSPS) is 21.8. The molecule has 0 aromatic carbocycles. The van der Waals surface area contributed by atoms with Gasteiger partial charge in [0.2, 0.25) is 6.29 Å². The Morgan fingerprint density at radius 3 is 3.00 bits per heavy atom. The molecule has 0 radical (unpaired) electrons. The summed E-state index contributed by atoms with van der Waals surface area (Å²) in [6.45, 7) is 0. The quantitative estimate of drug-likeness (QED) is 0.496. The maximum atomic E-state index is 10.7. The molecule has 13 heavy (non-hydrogen) atoms. The Kier molecular flexibility index (Phi) is 2.81. The molecule has 5 nitrogen and oxygen atoms in total. The number of esters is 1. The first-order valence-electron chi connectivity index (χ1n) is 3.49. The summed E-state index contributed by atoms with van der Waals surface area (Å²) in [6.07, 6.45) is 2.58. The van der Waals surface area contributed by atoms with Crippen molar-refractivity contribution in [3.05, 3.63) is 23.8 Å². The Bertz CT molecular complexity index is 289. The molecule has 0 aromatic heterocycles. The van der Waals surface area contributed by atoms with Crippen LogP contribution < -0.4 is 0 Å². The van der Waals surface area contributed by atoms with Crippen LogP contribution in [0.1, 0.15) is 0 Å². The van der Waals surface area contributed by atoms with Gasteiger partial charge in [0.15, 0.2) is 0 Å². The van der Waals surface area contributed by atoms with Gasteiger partial charge < -0.3 is 14.6 Å². The fraction of sp³-hybridized carbons (Fsp3) is 0.250. The SMILES string of the molecule is COC1OC(=O)C=C1/C=C/C(=O)O. The lowest BCUT2D eigenvalue weighted by atomic mass is 10.2. The molecule has 0 spiro atoms. The van der Waals surface area contributed by atoms with E-state index in [9.17, 15) is 9.59 Å². The number of carboxylic acid groups (broad SMARTS) is 1. The third-order valence-corrected chi connectivity index (χ3v) is 1.41. The van der Waals surface area contributed by atoms with Crippen molar-refractivity contribution in [2.24, 2.45) is 0 Å². The summed E-state index contributed by atoms with van der Waals surface area (Å²) >= 11 is 0. The summed E-state index contributed by atoms with van der Waals surface area (Å²) in [5.74, 6) is -1.62. The van der Waals surface area contributed by atoms with E-state index in [0.717, 1.165) is 6.08 Å². The molecule has 0 fully saturated rings. The minimum absolute atomic E-state index is 0.398. The van der Waals surface area contributed by atoms with Crippen LogP contribution in [0.15, 0.2) is 23.8 Å². The smallest absolute Gasteiger partial charge is 0.333 e. The second-order valence-corrected chi connectivity index (χ2v) is 2.32. The van der Waals surface area contributed by atoms with Crippen molar-refractivity contribution in [1.82, 2.24) is 0 Å². The summed E-state index contributed by atoms with van der Waals surface area (Å²) in [5, 5.41) is 8.32. The summed E-state index contributed by atoms with van der Waals surface area (Å²) in [6, 6.07) is 0. The lowest BCUT2D eigenvalue weighted by Gasteiger charge is -2.08. The molecule has 0 aromatic rings. The van der Waals surface area contributed by atoms with Crippen molar-refractivity contribution in [3.8, 4) is 0 Å². The fourth-order valence-corrected chi connectivity index (χ4v) is 0.890. The molecule has 1 rings (SSSR count). The molecule has 1 N–H and O–H groups in total. The monoisotopic (exact) mass is 184 g/mol. The van der Waals surface area contributed by atoms with E-state index in [1.165, 1.54) is 19.3 Å². The van der Waals surface area contributed by atoms with E-state index in [4.69, 9.17) is 9.84 Å². The van der Waals surface area contributed by atoms with E-state index in [-0.39, 0.29) is 0 Å². The molecule has 1 unspecified atom stereocenters. The topological polar surface area (TPSA) is 72.8 Å². The number of methoxy groups -OCH3 is 1. The zero-order chi connectivity index (χ0) is 9.84. The molecule has 0 aliphatic carbocycles. The number of carboxylic acids is 1. The van der Waals surface area contributed by atoms with Crippen LogP contribution >= 0.6 is 0 Å². The highest BCUT2D eigenvalue weighted by Crippen LogP contribution is 2.16. The van der Waals surface area contributed by atoms with Crippen molar-refractivity contribution < 1.29 is 24.2 Å². The number of hydrogen-bond donors (Lipinski definition) is 1. The summed E-state index contributed by atoms with van der Waals surface area (Å²) in [7, 11) is 1.37. The number of cyclic esters (lactones) is 1. The Labute approximate surface area is 74.3 Å². The molecule has 70 valence electrons. The van der Waals surface area contributed by atoms with E-state index < -0.39 is 18.2 Å². The lowest BCUT2D eigenvalue weighted by Crippen LogP contribution is -2.12. The van der Waals surface area contributed by atoms with Gasteiger partial charge in [-0.15, -0.1) is 0 Å². The van der Waals surface area contributed by atoms with Crippen LogP contribution in [0.4, 0.5) is 0 Å². The zero-order valence-corrected chi connectivity index (χ0v) is 6.89. The molecular formula is C8H8O5. The Balaban J connectivity index is 2.72. The van der Waals surface area contributed by atoms with E-state index in [2.05, 4.69) is 4.74 Å². The fourth-order valence-electron chi connectivity index (χ4n) is 0.890. The molecule has 0 amide bonds. The summed E-state index contributed by atoms with van der Waals surface area (Å²) < 4.78 is 9.43. The van der Waals surface area contributed by atoms with E-state index in [1.54, 1.807) is 0 Å². The van der Waals surface area contributed by atoms with Crippen LogP contribution in [0.5, 0.6) is 0 Å². The van der Waals surface area contributed by atoms with Gasteiger partial charge in [-0.2, -0.15) is 0 Å². The van der Waals surface area contributed by atoms with Gasteiger partial charge in [-0.3, -0.25) is 0 Å². The molecule has 0 saturated heterocycles. The average Bonchev–Trinajstić information content (AvgIpc) is 2.42. The second kappa shape index (κ2) is 3.86. The molecule has 1 atom stereocenters. The van der Waals surface area contributed by atoms with Crippen molar-refractivity contribution in [1.29, 1.82) is 0 Å². The maximum absolute atomic E-state index is 10.7. The van der Waals surface area contributed by atoms with Crippen LogP contribution in [0, 0.1) is 0 Å².